The number of aromatic nitrogens is 2. The quantitative estimate of drug-likeness (QED) is 0.909. The number of para-hydroxylation sites is 1. The lowest BCUT2D eigenvalue weighted by Crippen LogP contribution is -2.12. The Morgan fingerprint density at radius 3 is 3.06 bits per heavy atom. The number of aromatic amines is 1. The van der Waals surface area contributed by atoms with Crippen LogP contribution < -0.4 is 0 Å². The summed E-state index contributed by atoms with van der Waals surface area (Å²) in [4.78, 5) is 10.8. The molecule has 5 heteroatoms. The van der Waals surface area contributed by atoms with Crippen LogP contribution in [0.1, 0.15) is 12.5 Å². The number of fused-ring (bicyclic) bond motifs is 1. The van der Waals surface area contributed by atoms with Gasteiger partial charge in [-0.25, -0.2) is 0 Å². The Kier molecular flexibility index (Phi) is 2.96. The second-order valence-corrected chi connectivity index (χ2v) is 4.59. The fourth-order valence-electron chi connectivity index (χ4n) is 1.65. The summed E-state index contributed by atoms with van der Waals surface area (Å²) in [5.41, 5.74) is 1.79. The van der Waals surface area contributed by atoms with E-state index in [2.05, 4.69) is 26.1 Å². The highest BCUT2D eigenvalue weighted by Gasteiger charge is 2.15. The molecule has 1 atom stereocenters. The van der Waals surface area contributed by atoms with E-state index in [0.29, 0.717) is 6.42 Å². The maximum absolute atomic E-state index is 10.8. The Morgan fingerprint density at radius 2 is 2.38 bits per heavy atom. The van der Waals surface area contributed by atoms with Crippen molar-refractivity contribution in [2.45, 2.75) is 13.3 Å². The summed E-state index contributed by atoms with van der Waals surface area (Å²) in [6.45, 7) is 1.70. The molecule has 0 aliphatic heterocycles. The second kappa shape index (κ2) is 4.25. The Hall–Kier alpha value is -1.36. The lowest BCUT2D eigenvalue weighted by atomic mass is 10.00. The number of carboxylic acid groups (broad SMARTS) is 1. The smallest absolute Gasteiger partial charge is 0.306 e. The van der Waals surface area contributed by atoms with Crippen LogP contribution in [0.4, 0.5) is 0 Å². The Labute approximate surface area is 101 Å². The van der Waals surface area contributed by atoms with E-state index in [-0.39, 0.29) is 0 Å². The SMILES string of the molecule is CC(Cc1cccc2c(Br)[nH]nc12)C(=O)O. The van der Waals surface area contributed by atoms with Crippen molar-refractivity contribution in [3.8, 4) is 0 Å². The average Bonchev–Trinajstić information content (AvgIpc) is 2.62. The molecule has 2 N–H and O–H groups in total. The lowest BCUT2D eigenvalue weighted by molar-refractivity contribution is -0.141. The molecule has 1 unspecified atom stereocenters. The molecule has 4 nitrogen and oxygen atoms in total. The van der Waals surface area contributed by atoms with Gasteiger partial charge in [0, 0.05) is 5.39 Å². The van der Waals surface area contributed by atoms with Crippen LogP contribution in [0.15, 0.2) is 22.8 Å². The van der Waals surface area contributed by atoms with Crippen LogP contribution >= 0.6 is 15.9 Å². The third-order valence-corrected chi connectivity index (χ3v) is 3.17. The number of nitrogens with zero attached hydrogens (tertiary/aromatic N) is 1. The van der Waals surface area contributed by atoms with Gasteiger partial charge in [-0.2, -0.15) is 5.10 Å². The van der Waals surface area contributed by atoms with E-state index in [1.165, 1.54) is 0 Å². The lowest BCUT2D eigenvalue weighted by Gasteiger charge is -2.06. The van der Waals surface area contributed by atoms with Crippen LogP contribution in [-0.2, 0) is 11.2 Å². The molecule has 2 aromatic rings. The standard InChI is InChI=1S/C11H11BrN2O2/c1-6(11(15)16)5-7-3-2-4-8-9(7)13-14-10(8)12/h2-4,6H,5H2,1H3,(H,13,14)(H,15,16). The number of hydrogen-bond donors (Lipinski definition) is 2. The third kappa shape index (κ3) is 1.95. The minimum Gasteiger partial charge on any atom is -0.481 e. The normalized spacial score (nSPS) is 12.9. The molecule has 0 aliphatic carbocycles. The average molecular weight is 283 g/mol. The topological polar surface area (TPSA) is 66.0 Å². The van der Waals surface area contributed by atoms with Gasteiger partial charge in [-0.15, -0.1) is 0 Å². The maximum atomic E-state index is 10.8. The van der Waals surface area contributed by atoms with Crippen molar-refractivity contribution < 1.29 is 9.90 Å². The summed E-state index contributed by atoms with van der Waals surface area (Å²) in [5.74, 6) is -1.19. The van der Waals surface area contributed by atoms with Crippen LogP contribution in [0.5, 0.6) is 0 Å². The second-order valence-electron chi connectivity index (χ2n) is 3.79. The fourth-order valence-corrected chi connectivity index (χ4v) is 2.06. The largest absolute Gasteiger partial charge is 0.481 e. The molecule has 0 saturated heterocycles. The monoisotopic (exact) mass is 282 g/mol. The molecule has 1 aromatic heterocycles. The van der Waals surface area contributed by atoms with Crippen molar-refractivity contribution in [3.05, 3.63) is 28.4 Å². The van der Waals surface area contributed by atoms with E-state index >= 15 is 0 Å². The Bertz CT molecular complexity index is 536. The molecule has 0 saturated carbocycles. The van der Waals surface area contributed by atoms with Gasteiger partial charge in [0.15, 0.2) is 0 Å². The van der Waals surface area contributed by atoms with Gasteiger partial charge in [-0.1, -0.05) is 25.1 Å². The van der Waals surface area contributed by atoms with Gasteiger partial charge < -0.3 is 5.11 Å². The summed E-state index contributed by atoms with van der Waals surface area (Å²) in [7, 11) is 0. The van der Waals surface area contributed by atoms with E-state index in [1.54, 1.807) is 6.92 Å². The Balaban J connectivity index is 2.41. The van der Waals surface area contributed by atoms with Crippen molar-refractivity contribution in [1.82, 2.24) is 10.2 Å². The first-order valence-electron chi connectivity index (χ1n) is 4.94. The molecule has 84 valence electrons. The van der Waals surface area contributed by atoms with Crippen LogP contribution in [0.3, 0.4) is 0 Å². The first-order valence-corrected chi connectivity index (χ1v) is 5.73. The summed E-state index contributed by atoms with van der Waals surface area (Å²) in [5, 5.41) is 16.9. The van der Waals surface area contributed by atoms with E-state index in [9.17, 15) is 4.79 Å². The zero-order valence-electron chi connectivity index (χ0n) is 8.70. The summed E-state index contributed by atoms with van der Waals surface area (Å²) in [6.07, 6.45) is 0.490. The number of carbonyl (C=O) groups is 1. The van der Waals surface area contributed by atoms with Gasteiger partial charge in [0.1, 0.15) is 4.60 Å². The van der Waals surface area contributed by atoms with Crippen molar-refractivity contribution in [2.24, 2.45) is 5.92 Å². The van der Waals surface area contributed by atoms with Crippen LogP contribution in [0.2, 0.25) is 0 Å². The van der Waals surface area contributed by atoms with Gasteiger partial charge in [-0.05, 0) is 27.9 Å². The van der Waals surface area contributed by atoms with Crippen LogP contribution in [0, 0.1) is 5.92 Å². The van der Waals surface area contributed by atoms with Crippen LogP contribution in [0.25, 0.3) is 10.9 Å². The van der Waals surface area contributed by atoms with Crippen molar-refractivity contribution >= 4 is 32.8 Å². The molecule has 0 amide bonds. The maximum Gasteiger partial charge on any atom is 0.306 e. The highest BCUT2D eigenvalue weighted by molar-refractivity contribution is 9.10. The number of halogens is 1. The number of H-pyrrole nitrogens is 1. The number of rotatable bonds is 3. The van der Waals surface area contributed by atoms with E-state index in [4.69, 9.17) is 5.11 Å². The predicted molar refractivity (Wildman–Crippen MR) is 64.3 cm³/mol. The molecule has 0 aliphatic rings. The first kappa shape index (κ1) is 11.1. The Morgan fingerprint density at radius 1 is 1.62 bits per heavy atom. The molecule has 0 fully saturated rings. The summed E-state index contributed by atoms with van der Waals surface area (Å²) in [6, 6.07) is 5.76. The number of carboxylic acids is 1. The number of aliphatic carboxylic acids is 1. The highest BCUT2D eigenvalue weighted by Crippen LogP contribution is 2.25. The minimum atomic E-state index is -0.786. The van der Waals surface area contributed by atoms with Gasteiger partial charge >= 0.3 is 5.97 Å². The predicted octanol–water partition coefficient (Wildman–Crippen LogP) is 2.59. The van der Waals surface area contributed by atoms with Gasteiger partial charge in [0.2, 0.25) is 0 Å². The zero-order valence-corrected chi connectivity index (χ0v) is 10.3. The van der Waals surface area contributed by atoms with E-state index in [0.717, 1.165) is 21.1 Å². The molecule has 2 rings (SSSR count). The highest BCUT2D eigenvalue weighted by atomic mass is 79.9. The minimum absolute atomic E-state index is 0.402. The summed E-state index contributed by atoms with van der Waals surface area (Å²) < 4.78 is 0.826. The molecule has 1 heterocycles. The number of benzene rings is 1. The van der Waals surface area contributed by atoms with Gasteiger partial charge in [0.05, 0.1) is 11.4 Å². The van der Waals surface area contributed by atoms with Crippen molar-refractivity contribution in [3.63, 3.8) is 0 Å². The molecule has 0 spiro atoms. The molecular weight excluding hydrogens is 272 g/mol. The van der Waals surface area contributed by atoms with Gasteiger partial charge in [0.25, 0.3) is 0 Å². The van der Waals surface area contributed by atoms with Crippen LogP contribution in [-0.4, -0.2) is 21.3 Å². The van der Waals surface area contributed by atoms with Gasteiger partial charge in [-0.3, -0.25) is 9.89 Å². The molecule has 0 bridgehead atoms. The summed E-state index contributed by atoms with van der Waals surface area (Å²) >= 11 is 3.36. The number of nitrogens with one attached hydrogen (secondary N) is 1. The van der Waals surface area contributed by atoms with E-state index < -0.39 is 11.9 Å². The third-order valence-electron chi connectivity index (χ3n) is 2.57. The zero-order chi connectivity index (χ0) is 11.7. The number of hydrogen-bond acceptors (Lipinski definition) is 2. The molecular formula is C11H11BrN2O2. The molecule has 1 aromatic carbocycles. The van der Waals surface area contributed by atoms with E-state index in [1.807, 2.05) is 18.2 Å². The molecule has 16 heavy (non-hydrogen) atoms. The molecule has 0 radical (unpaired) electrons. The van der Waals surface area contributed by atoms with Crippen molar-refractivity contribution in [1.29, 1.82) is 0 Å². The van der Waals surface area contributed by atoms with Crippen molar-refractivity contribution in [2.75, 3.05) is 0 Å². The first-order chi connectivity index (χ1) is 7.59. The fraction of sp³-hybridized carbons (Fsp3) is 0.273.